The van der Waals surface area contributed by atoms with Crippen LogP contribution >= 0.6 is 0 Å². The largest absolute Gasteiger partial charge is 0.454 e. The zero-order valence-corrected chi connectivity index (χ0v) is 11.5. The Hall–Kier alpha value is -2.76. The lowest BCUT2D eigenvalue weighted by atomic mass is 10.1. The summed E-state index contributed by atoms with van der Waals surface area (Å²) in [6.07, 6.45) is 0. The second-order valence-electron chi connectivity index (χ2n) is 4.86. The van der Waals surface area contributed by atoms with E-state index in [0.717, 1.165) is 28.3 Å². The summed E-state index contributed by atoms with van der Waals surface area (Å²) in [5.41, 5.74) is 2.67. The summed E-state index contributed by atoms with van der Waals surface area (Å²) in [6.45, 7) is 2.63. The number of hydrogen-bond acceptors (Lipinski definition) is 5. The van der Waals surface area contributed by atoms with Crippen molar-refractivity contribution in [2.45, 2.75) is 13.5 Å². The number of rotatable bonds is 4. The SMILES string of the molecule is Cc1cc(NCc2ccc3c(c2)OCO3)cc([N+](=O)[O-])c1. The molecule has 2 aromatic carbocycles. The van der Waals surface area contributed by atoms with Crippen LogP contribution in [0.25, 0.3) is 0 Å². The number of nitro benzene ring substituents is 1. The molecule has 1 N–H and O–H groups in total. The Morgan fingerprint density at radius 2 is 2.00 bits per heavy atom. The van der Waals surface area contributed by atoms with Crippen molar-refractivity contribution in [3.63, 3.8) is 0 Å². The van der Waals surface area contributed by atoms with Crippen LogP contribution in [-0.4, -0.2) is 11.7 Å². The van der Waals surface area contributed by atoms with E-state index in [2.05, 4.69) is 5.32 Å². The minimum absolute atomic E-state index is 0.0863. The van der Waals surface area contributed by atoms with Crippen molar-refractivity contribution in [1.29, 1.82) is 0 Å². The lowest BCUT2D eigenvalue weighted by Crippen LogP contribution is -2.00. The van der Waals surface area contributed by atoms with E-state index < -0.39 is 4.92 Å². The molecule has 1 aliphatic heterocycles. The van der Waals surface area contributed by atoms with Crippen LogP contribution < -0.4 is 14.8 Å². The van der Waals surface area contributed by atoms with Gasteiger partial charge >= 0.3 is 0 Å². The number of non-ortho nitro benzene ring substituents is 1. The van der Waals surface area contributed by atoms with Crippen LogP contribution in [0.4, 0.5) is 11.4 Å². The molecular formula is C15H14N2O4. The number of nitrogens with one attached hydrogen (secondary N) is 1. The summed E-state index contributed by atoms with van der Waals surface area (Å²) in [4.78, 5) is 10.5. The van der Waals surface area contributed by atoms with Crippen LogP contribution in [0.1, 0.15) is 11.1 Å². The van der Waals surface area contributed by atoms with Gasteiger partial charge in [0.25, 0.3) is 5.69 Å². The van der Waals surface area contributed by atoms with Gasteiger partial charge in [-0.25, -0.2) is 0 Å². The van der Waals surface area contributed by atoms with Gasteiger partial charge in [0.15, 0.2) is 11.5 Å². The van der Waals surface area contributed by atoms with Crippen molar-refractivity contribution < 1.29 is 14.4 Å². The molecule has 0 saturated heterocycles. The Morgan fingerprint density at radius 1 is 1.19 bits per heavy atom. The van der Waals surface area contributed by atoms with E-state index in [4.69, 9.17) is 9.47 Å². The number of nitrogens with zero attached hydrogens (tertiary/aromatic N) is 1. The van der Waals surface area contributed by atoms with Gasteiger partial charge in [-0.1, -0.05) is 6.07 Å². The van der Waals surface area contributed by atoms with Crippen molar-refractivity contribution in [2.24, 2.45) is 0 Å². The standard InChI is InChI=1S/C15H14N2O4/c1-10-4-12(7-13(5-10)17(18)19)16-8-11-2-3-14-15(6-11)21-9-20-14/h2-7,16H,8-9H2,1H3. The number of benzene rings is 2. The maximum absolute atomic E-state index is 10.9. The number of fused-ring (bicyclic) bond motifs is 1. The Balaban J connectivity index is 1.74. The van der Waals surface area contributed by atoms with Crippen LogP contribution in [0.15, 0.2) is 36.4 Å². The Kier molecular flexibility index (Phi) is 3.35. The summed E-state index contributed by atoms with van der Waals surface area (Å²) in [7, 11) is 0. The lowest BCUT2D eigenvalue weighted by molar-refractivity contribution is -0.384. The van der Waals surface area contributed by atoms with Crippen LogP contribution in [0.3, 0.4) is 0 Å². The normalized spacial score (nSPS) is 12.2. The van der Waals surface area contributed by atoms with Gasteiger partial charge in [0.05, 0.1) is 4.92 Å². The molecule has 0 radical (unpaired) electrons. The highest BCUT2D eigenvalue weighted by atomic mass is 16.7. The molecule has 21 heavy (non-hydrogen) atoms. The topological polar surface area (TPSA) is 73.6 Å². The first-order valence-corrected chi connectivity index (χ1v) is 6.50. The van der Waals surface area contributed by atoms with E-state index >= 15 is 0 Å². The first-order valence-electron chi connectivity index (χ1n) is 6.50. The third kappa shape index (κ3) is 2.89. The molecule has 0 bridgehead atoms. The Morgan fingerprint density at radius 3 is 2.81 bits per heavy atom. The van der Waals surface area contributed by atoms with E-state index in [1.807, 2.05) is 31.2 Å². The van der Waals surface area contributed by atoms with Crippen LogP contribution in [0.5, 0.6) is 11.5 Å². The van der Waals surface area contributed by atoms with E-state index in [-0.39, 0.29) is 12.5 Å². The molecule has 0 saturated carbocycles. The monoisotopic (exact) mass is 286 g/mol. The molecule has 108 valence electrons. The van der Waals surface area contributed by atoms with Gasteiger partial charge in [-0.3, -0.25) is 10.1 Å². The lowest BCUT2D eigenvalue weighted by Gasteiger charge is -2.08. The zero-order chi connectivity index (χ0) is 14.8. The van der Waals surface area contributed by atoms with E-state index in [1.165, 1.54) is 6.07 Å². The second-order valence-corrected chi connectivity index (χ2v) is 4.86. The van der Waals surface area contributed by atoms with Crippen LogP contribution in [-0.2, 0) is 6.54 Å². The summed E-state index contributed by atoms with van der Waals surface area (Å²) >= 11 is 0. The highest BCUT2D eigenvalue weighted by Gasteiger charge is 2.13. The fraction of sp³-hybridized carbons (Fsp3) is 0.200. The number of aryl methyl sites for hydroxylation is 1. The second kappa shape index (κ2) is 5.32. The summed E-state index contributed by atoms with van der Waals surface area (Å²) in [5.74, 6) is 1.47. The van der Waals surface area contributed by atoms with Crippen LogP contribution in [0, 0.1) is 17.0 Å². The maximum Gasteiger partial charge on any atom is 0.271 e. The molecular weight excluding hydrogens is 272 g/mol. The van der Waals surface area contributed by atoms with E-state index in [9.17, 15) is 10.1 Å². The van der Waals surface area contributed by atoms with Crippen molar-refractivity contribution in [3.05, 3.63) is 57.6 Å². The summed E-state index contributed by atoms with van der Waals surface area (Å²) < 4.78 is 10.6. The van der Waals surface area contributed by atoms with E-state index in [0.29, 0.717) is 6.54 Å². The fourth-order valence-electron chi connectivity index (χ4n) is 2.23. The molecule has 0 atom stereocenters. The number of ether oxygens (including phenoxy) is 2. The van der Waals surface area contributed by atoms with Crippen molar-refractivity contribution in [3.8, 4) is 11.5 Å². The molecule has 0 unspecified atom stereocenters. The third-order valence-electron chi connectivity index (χ3n) is 3.21. The Labute approximate surface area is 121 Å². The first-order chi connectivity index (χ1) is 10.1. The average Bonchev–Trinajstić information content (AvgIpc) is 2.92. The minimum Gasteiger partial charge on any atom is -0.454 e. The summed E-state index contributed by atoms with van der Waals surface area (Å²) in [5, 5.41) is 14.0. The third-order valence-corrected chi connectivity index (χ3v) is 3.21. The minimum atomic E-state index is -0.390. The Bertz CT molecular complexity index is 700. The molecule has 0 spiro atoms. The summed E-state index contributed by atoms with van der Waals surface area (Å²) in [6, 6.07) is 10.6. The van der Waals surface area contributed by atoms with Gasteiger partial charge in [0.2, 0.25) is 6.79 Å². The van der Waals surface area contributed by atoms with Gasteiger partial charge in [-0.05, 0) is 36.2 Å². The van der Waals surface area contributed by atoms with Crippen molar-refractivity contribution in [2.75, 3.05) is 12.1 Å². The van der Waals surface area contributed by atoms with E-state index in [1.54, 1.807) is 6.07 Å². The van der Waals surface area contributed by atoms with Gasteiger partial charge in [0, 0.05) is 24.4 Å². The molecule has 3 rings (SSSR count). The smallest absolute Gasteiger partial charge is 0.271 e. The molecule has 0 aliphatic carbocycles. The van der Waals surface area contributed by atoms with Crippen molar-refractivity contribution in [1.82, 2.24) is 0 Å². The fourth-order valence-corrected chi connectivity index (χ4v) is 2.23. The molecule has 6 heteroatoms. The molecule has 6 nitrogen and oxygen atoms in total. The first kappa shape index (κ1) is 13.2. The van der Waals surface area contributed by atoms with Gasteiger partial charge in [-0.2, -0.15) is 0 Å². The predicted octanol–water partition coefficient (Wildman–Crippen LogP) is 3.24. The molecule has 0 amide bonds. The highest BCUT2D eigenvalue weighted by Crippen LogP contribution is 2.32. The average molecular weight is 286 g/mol. The number of anilines is 1. The number of hydrogen-bond donors (Lipinski definition) is 1. The highest BCUT2D eigenvalue weighted by molar-refractivity contribution is 5.54. The zero-order valence-electron chi connectivity index (χ0n) is 11.5. The van der Waals surface area contributed by atoms with Gasteiger partial charge < -0.3 is 14.8 Å². The predicted molar refractivity (Wildman–Crippen MR) is 77.7 cm³/mol. The molecule has 0 fully saturated rings. The molecule has 1 heterocycles. The van der Waals surface area contributed by atoms with Gasteiger partial charge in [-0.15, -0.1) is 0 Å². The van der Waals surface area contributed by atoms with Crippen molar-refractivity contribution >= 4 is 11.4 Å². The molecule has 0 aromatic heterocycles. The maximum atomic E-state index is 10.9. The molecule has 2 aromatic rings. The number of nitro groups is 1. The van der Waals surface area contributed by atoms with Crippen LogP contribution in [0.2, 0.25) is 0 Å². The molecule has 1 aliphatic rings. The quantitative estimate of drug-likeness (QED) is 0.690. The van der Waals surface area contributed by atoms with Gasteiger partial charge in [0.1, 0.15) is 0 Å².